The normalized spacial score (nSPS) is 13.7. The average molecular weight is 1360 g/mol. The third kappa shape index (κ3) is 39.6. The molecule has 0 aromatic heterocycles. The molecular weight excluding hydrogens is 1210 g/mol. The summed E-state index contributed by atoms with van der Waals surface area (Å²) < 4.78 is 53.0. The summed E-state index contributed by atoms with van der Waals surface area (Å²) in [5.41, 5.74) is 3.38. The Bertz CT molecular complexity index is 2380. The van der Waals surface area contributed by atoms with Crippen molar-refractivity contribution in [1.82, 2.24) is 0 Å². The van der Waals surface area contributed by atoms with Crippen LogP contribution in [0.1, 0.15) is 379 Å². The number of ether oxygens (including phenoxy) is 8. The van der Waals surface area contributed by atoms with Gasteiger partial charge in [0.25, 0.3) is 0 Å². The fourth-order valence-corrected chi connectivity index (χ4v) is 12.7. The number of unbranched alkanes of at least 4 members (excludes halogenated alkanes) is 42. The third-order valence-corrected chi connectivity index (χ3v) is 19.2. The summed E-state index contributed by atoms with van der Waals surface area (Å²) in [6.07, 6.45) is 61.6. The third-order valence-electron chi connectivity index (χ3n) is 19.2. The molecule has 0 spiro atoms. The van der Waals surface area contributed by atoms with Crippen LogP contribution in [-0.4, -0.2) is 58.5 Å². The Morgan fingerprint density at radius 3 is 0.776 bits per heavy atom. The molecule has 552 valence electrons. The molecule has 0 radical (unpaired) electrons. The van der Waals surface area contributed by atoms with Crippen LogP contribution in [0.4, 0.5) is 0 Å². The molecule has 0 aliphatic carbocycles. The molecule has 1 atom stereocenters. The lowest BCUT2D eigenvalue weighted by atomic mass is 9.99. The van der Waals surface area contributed by atoms with Crippen molar-refractivity contribution in [2.45, 2.75) is 362 Å². The molecule has 1 heterocycles. The van der Waals surface area contributed by atoms with Gasteiger partial charge < -0.3 is 37.9 Å². The van der Waals surface area contributed by atoms with Gasteiger partial charge in [-0.2, -0.15) is 10.5 Å². The molecule has 1 aliphatic heterocycles. The smallest absolute Gasteiger partial charge is 0.203 e. The predicted octanol–water partition coefficient (Wildman–Crippen LogP) is 27.1. The molecule has 3 aromatic carbocycles. The van der Waals surface area contributed by atoms with Crippen molar-refractivity contribution in [3.8, 4) is 52.4 Å². The van der Waals surface area contributed by atoms with E-state index in [2.05, 4.69) is 60.6 Å². The van der Waals surface area contributed by atoms with Gasteiger partial charge in [-0.25, -0.2) is 0 Å². The standard InChI is InChI=1S/C88H142N2O8/c1-8-14-20-26-32-38-44-50-56-91-82-67-77(68-83(92-57-51-45-39-33-27-21-15-9-2)86(82)95-60-54-48-42-36-30-24-18-12-5)79(71-89)63-75-62-76(66-81(65-75)97-73-88(7)74-98-88)64-80(72-90)78-69-84(93-58-52-46-40-34-28-22-16-10-3)87(96-61-55-49-43-37-31-25-19-13-6)85(70-78)94-59-53-47-41-35-29-23-17-11-4/h62-70H,8-61,73-74H2,1-7H3/b79-63+,80-64+/t88-/m1/s1. The molecule has 0 bridgehead atoms. The summed E-state index contributed by atoms with van der Waals surface area (Å²) in [5, 5.41) is 22.6. The zero-order chi connectivity index (χ0) is 70.0. The van der Waals surface area contributed by atoms with Gasteiger partial charge in [-0.05, 0) is 122 Å². The van der Waals surface area contributed by atoms with Crippen molar-refractivity contribution in [3.05, 3.63) is 64.7 Å². The van der Waals surface area contributed by atoms with E-state index < -0.39 is 0 Å². The molecule has 1 fully saturated rings. The maximum Gasteiger partial charge on any atom is 0.203 e. The van der Waals surface area contributed by atoms with Crippen LogP contribution >= 0.6 is 0 Å². The van der Waals surface area contributed by atoms with Crippen LogP contribution in [0, 0.1) is 22.7 Å². The summed E-state index contributed by atoms with van der Waals surface area (Å²) >= 11 is 0. The largest absolute Gasteiger partial charge is 0.490 e. The fourth-order valence-electron chi connectivity index (χ4n) is 12.7. The zero-order valence-corrected chi connectivity index (χ0v) is 64.0. The molecule has 0 amide bonds. The lowest BCUT2D eigenvalue weighted by Crippen LogP contribution is -2.16. The van der Waals surface area contributed by atoms with Crippen LogP contribution in [0.2, 0.25) is 0 Å². The number of nitriles is 2. The minimum absolute atomic E-state index is 0.360. The van der Waals surface area contributed by atoms with Crippen molar-refractivity contribution >= 4 is 23.3 Å². The van der Waals surface area contributed by atoms with Gasteiger partial charge in [0.2, 0.25) is 11.5 Å². The van der Waals surface area contributed by atoms with Crippen molar-refractivity contribution in [2.24, 2.45) is 0 Å². The van der Waals surface area contributed by atoms with Gasteiger partial charge in [0.1, 0.15) is 18.0 Å². The number of allylic oxidation sites excluding steroid dienone is 2. The summed E-state index contributed by atoms with van der Waals surface area (Å²) in [7, 11) is 0. The molecule has 10 nitrogen and oxygen atoms in total. The molecule has 0 saturated carbocycles. The van der Waals surface area contributed by atoms with Crippen molar-refractivity contribution in [3.63, 3.8) is 0 Å². The van der Waals surface area contributed by atoms with Gasteiger partial charge in [-0.1, -0.05) is 311 Å². The van der Waals surface area contributed by atoms with E-state index in [0.29, 0.717) is 115 Å². The quantitative estimate of drug-likeness (QED) is 0.0233. The first kappa shape index (κ1) is 85.1. The van der Waals surface area contributed by atoms with E-state index in [1.165, 1.54) is 231 Å². The van der Waals surface area contributed by atoms with Crippen LogP contribution < -0.4 is 33.2 Å². The van der Waals surface area contributed by atoms with Crippen molar-refractivity contribution in [2.75, 3.05) is 52.9 Å². The molecular formula is C88H142N2O8. The van der Waals surface area contributed by atoms with E-state index in [0.717, 1.165) is 88.2 Å². The number of rotatable bonds is 67. The van der Waals surface area contributed by atoms with Crippen molar-refractivity contribution < 1.29 is 37.9 Å². The van der Waals surface area contributed by atoms with E-state index >= 15 is 0 Å². The highest BCUT2D eigenvalue weighted by atomic mass is 16.6. The Morgan fingerprint density at radius 2 is 0.551 bits per heavy atom. The Kier molecular flexibility index (Phi) is 49.8. The van der Waals surface area contributed by atoms with E-state index in [4.69, 9.17) is 37.9 Å². The first-order chi connectivity index (χ1) is 48.2. The van der Waals surface area contributed by atoms with Gasteiger partial charge in [0.05, 0.1) is 69.5 Å². The SMILES string of the molecule is CCCCCCCCCCOc1cc(/C(C#N)=C/c2cc(/C=C(\C#N)c3cc(OCCCCCCCCCC)c(OCCCCCCCCCC)c(OCCCCCCCCCC)c3)cc(OC[C@]3(C)CO3)c2)cc(OCCCCCCCCCC)c1OCCCCCCCCCC. The Balaban J connectivity index is 1.80. The van der Waals surface area contributed by atoms with Crippen LogP contribution in [0.3, 0.4) is 0 Å². The van der Waals surface area contributed by atoms with E-state index in [-0.39, 0.29) is 5.60 Å². The molecule has 4 rings (SSSR count). The number of epoxide rings is 1. The van der Waals surface area contributed by atoms with Gasteiger partial charge in [-0.3, -0.25) is 0 Å². The number of benzene rings is 3. The lowest BCUT2D eigenvalue weighted by molar-refractivity contribution is 0.202. The second kappa shape index (κ2) is 57.3. The summed E-state index contributed by atoms with van der Waals surface area (Å²) in [4.78, 5) is 0. The molecule has 1 saturated heterocycles. The van der Waals surface area contributed by atoms with E-state index in [9.17, 15) is 10.5 Å². The molecule has 10 heteroatoms. The minimum Gasteiger partial charge on any atom is -0.490 e. The van der Waals surface area contributed by atoms with E-state index in [1.807, 2.05) is 54.6 Å². The summed E-state index contributed by atoms with van der Waals surface area (Å²) in [6.45, 7) is 20.0. The predicted molar refractivity (Wildman–Crippen MR) is 415 cm³/mol. The van der Waals surface area contributed by atoms with Gasteiger partial charge in [-0.15, -0.1) is 0 Å². The van der Waals surface area contributed by atoms with E-state index in [1.54, 1.807) is 0 Å². The monoisotopic (exact) mass is 1360 g/mol. The number of nitrogens with zero attached hydrogens (tertiary/aromatic N) is 2. The average Bonchev–Trinajstić information content (AvgIpc) is 1.38. The fraction of sp³-hybridized carbons (Fsp3) is 0.727. The Hall–Kier alpha value is -5.32. The topological polar surface area (TPSA) is 125 Å². The molecule has 1 aliphatic rings. The van der Waals surface area contributed by atoms with Gasteiger partial charge in [0.15, 0.2) is 23.0 Å². The maximum atomic E-state index is 11.3. The van der Waals surface area contributed by atoms with Gasteiger partial charge >= 0.3 is 0 Å². The highest BCUT2D eigenvalue weighted by molar-refractivity contribution is 5.93. The summed E-state index contributed by atoms with van der Waals surface area (Å²) in [5.74, 6) is 4.31. The molecule has 98 heavy (non-hydrogen) atoms. The van der Waals surface area contributed by atoms with Crippen LogP contribution in [0.5, 0.6) is 40.2 Å². The van der Waals surface area contributed by atoms with Crippen LogP contribution in [0.25, 0.3) is 23.3 Å². The molecule has 0 N–H and O–H groups in total. The minimum atomic E-state index is -0.375. The van der Waals surface area contributed by atoms with Crippen LogP contribution in [-0.2, 0) is 4.74 Å². The second-order valence-corrected chi connectivity index (χ2v) is 28.7. The maximum absolute atomic E-state index is 11.3. The molecule has 0 unspecified atom stereocenters. The summed E-state index contributed by atoms with van der Waals surface area (Å²) in [6, 6.07) is 19.1. The first-order valence-corrected chi connectivity index (χ1v) is 41.0. The highest BCUT2D eigenvalue weighted by Crippen LogP contribution is 2.44. The lowest BCUT2D eigenvalue weighted by Gasteiger charge is -2.19. The number of hydrogen-bond donors (Lipinski definition) is 0. The van der Waals surface area contributed by atoms with Crippen molar-refractivity contribution in [1.29, 1.82) is 10.5 Å². The first-order valence-electron chi connectivity index (χ1n) is 41.0. The molecule has 3 aromatic rings. The van der Waals surface area contributed by atoms with Gasteiger partial charge in [0, 0.05) is 0 Å². The Morgan fingerprint density at radius 1 is 0.327 bits per heavy atom. The highest BCUT2D eigenvalue weighted by Gasteiger charge is 2.40. The second-order valence-electron chi connectivity index (χ2n) is 28.7. The Labute approximate surface area is 600 Å². The van der Waals surface area contributed by atoms with Crippen LogP contribution in [0.15, 0.2) is 42.5 Å². The number of hydrogen-bond acceptors (Lipinski definition) is 10. The zero-order valence-electron chi connectivity index (χ0n) is 64.0.